The van der Waals surface area contributed by atoms with Gasteiger partial charge in [0, 0.05) is 0 Å². The second-order valence-corrected chi connectivity index (χ2v) is 5.75. The van der Waals surface area contributed by atoms with Gasteiger partial charge in [0.15, 0.2) is 0 Å². The Kier molecular flexibility index (Phi) is 2.02. The molecule has 0 heteroatoms. The van der Waals surface area contributed by atoms with Crippen LogP contribution in [0.4, 0.5) is 0 Å². The van der Waals surface area contributed by atoms with E-state index in [-0.39, 0.29) is 0 Å². The van der Waals surface area contributed by atoms with E-state index in [1.54, 1.807) is 0 Å². The van der Waals surface area contributed by atoms with Gasteiger partial charge in [0.2, 0.25) is 0 Å². The Morgan fingerprint density at radius 1 is 0.923 bits per heavy atom. The van der Waals surface area contributed by atoms with Crippen LogP contribution in [0.3, 0.4) is 0 Å². The molecule has 4 unspecified atom stereocenters. The van der Waals surface area contributed by atoms with Crippen molar-refractivity contribution in [3.8, 4) is 0 Å². The van der Waals surface area contributed by atoms with E-state index in [9.17, 15) is 0 Å². The van der Waals surface area contributed by atoms with Crippen molar-refractivity contribution in [1.29, 1.82) is 0 Å². The van der Waals surface area contributed by atoms with E-state index in [2.05, 4.69) is 27.7 Å². The first-order valence-corrected chi connectivity index (χ1v) is 6.08. The monoisotopic (exact) mass is 180 g/mol. The highest BCUT2D eigenvalue weighted by Gasteiger charge is 2.60. The predicted octanol–water partition coefficient (Wildman–Crippen LogP) is 4.25. The molecule has 0 aromatic heterocycles. The van der Waals surface area contributed by atoms with Crippen LogP contribution in [0.15, 0.2) is 0 Å². The lowest BCUT2D eigenvalue weighted by molar-refractivity contribution is -0.00261. The number of fused-ring (bicyclic) bond motifs is 2. The fourth-order valence-corrected chi connectivity index (χ4v) is 4.46. The van der Waals surface area contributed by atoms with Gasteiger partial charge in [-0.2, -0.15) is 0 Å². The lowest BCUT2D eigenvalue weighted by Crippen LogP contribution is -2.41. The number of hydrogen-bond acceptors (Lipinski definition) is 0. The first kappa shape index (κ1) is 9.55. The molecule has 0 aliphatic heterocycles. The zero-order valence-corrected chi connectivity index (χ0v) is 9.69. The molecule has 2 saturated carbocycles. The van der Waals surface area contributed by atoms with E-state index in [1.165, 1.54) is 32.1 Å². The summed E-state index contributed by atoms with van der Waals surface area (Å²) in [5.74, 6) is 2.10. The van der Waals surface area contributed by atoms with Crippen molar-refractivity contribution in [2.75, 3.05) is 0 Å². The maximum absolute atomic E-state index is 2.56. The quantitative estimate of drug-likeness (QED) is 0.596. The van der Waals surface area contributed by atoms with E-state index in [0.29, 0.717) is 10.8 Å². The third-order valence-electron chi connectivity index (χ3n) is 6.01. The van der Waals surface area contributed by atoms with Crippen LogP contribution in [0.25, 0.3) is 0 Å². The molecule has 0 amide bonds. The van der Waals surface area contributed by atoms with Crippen LogP contribution in [0.1, 0.15) is 59.8 Å². The molecule has 0 saturated heterocycles. The van der Waals surface area contributed by atoms with Crippen LogP contribution in [0.5, 0.6) is 0 Å². The van der Waals surface area contributed by atoms with Gasteiger partial charge in [0.1, 0.15) is 0 Å². The van der Waals surface area contributed by atoms with E-state index in [4.69, 9.17) is 0 Å². The Morgan fingerprint density at radius 3 is 1.62 bits per heavy atom. The molecule has 0 N–H and O–H groups in total. The molecular weight excluding hydrogens is 156 g/mol. The number of rotatable bonds is 2. The molecular formula is C13H24. The summed E-state index contributed by atoms with van der Waals surface area (Å²) in [6, 6.07) is 0. The van der Waals surface area contributed by atoms with Gasteiger partial charge in [-0.15, -0.1) is 0 Å². The van der Waals surface area contributed by atoms with Gasteiger partial charge < -0.3 is 0 Å². The number of hydrogen-bond donors (Lipinski definition) is 0. The van der Waals surface area contributed by atoms with Gasteiger partial charge >= 0.3 is 0 Å². The first-order chi connectivity index (χ1) is 6.08. The van der Waals surface area contributed by atoms with Gasteiger partial charge in [0.25, 0.3) is 0 Å². The SMILES string of the molecule is CCC1(C)C2CCC(C2)C1(C)CC. The lowest BCUT2D eigenvalue weighted by Gasteiger charge is -2.49. The molecule has 0 aromatic carbocycles. The van der Waals surface area contributed by atoms with Crippen LogP contribution in [0.2, 0.25) is 0 Å². The fraction of sp³-hybridized carbons (Fsp3) is 1.00. The van der Waals surface area contributed by atoms with Crippen molar-refractivity contribution < 1.29 is 0 Å². The second kappa shape index (κ2) is 2.74. The molecule has 76 valence electrons. The molecule has 4 atom stereocenters. The Hall–Kier alpha value is 0. The van der Waals surface area contributed by atoms with Crippen LogP contribution in [0, 0.1) is 22.7 Å². The molecule has 13 heavy (non-hydrogen) atoms. The van der Waals surface area contributed by atoms with Crippen molar-refractivity contribution in [2.45, 2.75) is 59.8 Å². The summed E-state index contributed by atoms with van der Waals surface area (Å²) in [4.78, 5) is 0. The Bertz CT molecular complexity index is 186. The zero-order chi connectivity index (χ0) is 9.69. The molecule has 2 aliphatic carbocycles. The van der Waals surface area contributed by atoms with Gasteiger partial charge in [-0.25, -0.2) is 0 Å². The standard InChI is InChI=1S/C13H24/c1-5-12(3)10-7-8-11(9-10)13(12,4)6-2/h10-11H,5-9H2,1-4H3. The summed E-state index contributed by atoms with van der Waals surface area (Å²) in [5.41, 5.74) is 1.31. The normalized spacial score (nSPS) is 54.5. The molecule has 0 nitrogen and oxygen atoms in total. The summed E-state index contributed by atoms with van der Waals surface area (Å²) >= 11 is 0. The molecule has 0 heterocycles. The summed E-state index contributed by atoms with van der Waals surface area (Å²) in [5, 5.41) is 0. The Morgan fingerprint density at radius 2 is 1.31 bits per heavy atom. The minimum absolute atomic E-state index is 0.657. The van der Waals surface area contributed by atoms with Crippen molar-refractivity contribution in [1.82, 2.24) is 0 Å². The molecule has 0 spiro atoms. The Labute approximate surface area is 83.1 Å². The van der Waals surface area contributed by atoms with Crippen LogP contribution < -0.4 is 0 Å². The molecule has 0 aromatic rings. The average Bonchev–Trinajstić information content (AvgIpc) is 2.70. The minimum atomic E-state index is 0.657. The smallest absolute Gasteiger partial charge is 0.0244 e. The van der Waals surface area contributed by atoms with Crippen molar-refractivity contribution >= 4 is 0 Å². The summed E-state index contributed by atoms with van der Waals surface area (Å²) in [7, 11) is 0. The van der Waals surface area contributed by atoms with Crippen LogP contribution in [-0.2, 0) is 0 Å². The second-order valence-electron chi connectivity index (χ2n) is 5.75. The molecule has 2 rings (SSSR count). The topological polar surface area (TPSA) is 0 Å². The van der Waals surface area contributed by atoms with Crippen LogP contribution >= 0.6 is 0 Å². The highest BCUT2D eigenvalue weighted by atomic mass is 14.6. The van der Waals surface area contributed by atoms with Crippen LogP contribution in [-0.4, -0.2) is 0 Å². The highest BCUT2D eigenvalue weighted by molar-refractivity contribution is 5.09. The van der Waals surface area contributed by atoms with E-state index in [1.807, 2.05) is 0 Å². The van der Waals surface area contributed by atoms with Gasteiger partial charge in [-0.3, -0.25) is 0 Å². The summed E-state index contributed by atoms with van der Waals surface area (Å²) in [6.45, 7) is 9.91. The maximum Gasteiger partial charge on any atom is -0.0244 e. The van der Waals surface area contributed by atoms with Crippen molar-refractivity contribution in [3.63, 3.8) is 0 Å². The van der Waals surface area contributed by atoms with Crippen molar-refractivity contribution in [3.05, 3.63) is 0 Å². The Balaban J connectivity index is 2.35. The molecule has 2 bridgehead atoms. The molecule has 0 radical (unpaired) electrons. The molecule has 2 fully saturated rings. The van der Waals surface area contributed by atoms with Gasteiger partial charge in [-0.05, 0) is 54.8 Å². The average molecular weight is 180 g/mol. The zero-order valence-electron chi connectivity index (χ0n) is 9.69. The van der Waals surface area contributed by atoms with Gasteiger partial charge in [-0.1, -0.05) is 27.7 Å². The van der Waals surface area contributed by atoms with E-state index < -0.39 is 0 Å². The van der Waals surface area contributed by atoms with E-state index >= 15 is 0 Å². The summed E-state index contributed by atoms with van der Waals surface area (Å²) < 4.78 is 0. The largest absolute Gasteiger partial charge is 0.0648 e. The third-order valence-corrected chi connectivity index (χ3v) is 6.01. The predicted molar refractivity (Wildman–Crippen MR) is 57.6 cm³/mol. The lowest BCUT2D eigenvalue weighted by atomic mass is 9.55. The van der Waals surface area contributed by atoms with Gasteiger partial charge in [0.05, 0.1) is 0 Å². The summed E-state index contributed by atoms with van der Waals surface area (Å²) in [6.07, 6.45) is 7.35. The fourth-order valence-electron chi connectivity index (χ4n) is 4.46. The third kappa shape index (κ3) is 0.926. The van der Waals surface area contributed by atoms with E-state index in [0.717, 1.165) is 11.8 Å². The minimum Gasteiger partial charge on any atom is -0.0648 e. The first-order valence-electron chi connectivity index (χ1n) is 6.08. The maximum atomic E-state index is 2.56. The van der Waals surface area contributed by atoms with Crippen molar-refractivity contribution in [2.24, 2.45) is 22.7 Å². The highest BCUT2D eigenvalue weighted by Crippen LogP contribution is 2.68. The molecule has 2 aliphatic rings.